The second-order valence-corrected chi connectivity index (χ2v) is 13.7. The van der Waals surface area contributed by atoms with E-state index in [4.69, 9.17) is 20.2 Å². The summed E-state index contributed by atoms with van der Waals surface area (Å²) in [7, 11) is 1.73. The number of aryl methyl sites for hydroxylation is 1. The molecule has 0 aliphatic carbocycles. The zero-order valence-corrected chi connectivity index (χ0v) is 27.8. The number of nitrogens with zero attached hydrogens (tertiary/aromatic N) is 3. The van der Waals surface area contributed by atoms with Crippen LogP contribution in [0, 0.1) is 5.41 Å². The zero-order chi connectivity index (χ0) is 32.6. The molecule has 1 aromatic heterocycles. The molecule has 2 aromatic carbocycles. The molecule has 3 aromatic rings. The number of rotatable bonds is 4. The van der Waals surface area contributed by atoms with Crippen molar-refractivity contribution in [1.82, 2.24) is 15.0 Å². The maximum atomic E-state index is 13.4. The van der Waals surface area contributed by atoms with Gasteiger partial charge in [-0.1, -0.05) is 44.2 Å². The van der Waals surface area contributed by atoms with E-state index in [0.29, 0.717) is 32.2 Å². The summed E-state index contributed by atoms with van der Waals surface area (Å²) < 4.78 is 14.2. The predicted molar refractivity (Wildman–Crippen MR) is 182 cm³/mol. The van der Waals surface area contributed by atoms with Gasteiger partial charge < -0.3 is 19.8 Å². The first-order chi connectivity index (χ1) is 22.1. The quantitative estimate of drug-likeness (QED) is 0.374. The number of allylic oxidation sites excluding steroid dienone is 1. The second kappa shape index (κ2) is 13.1. The number of nitrogens with two attached hydrogens (primary N) is 1. The molecule has 3 atom stereocenters. The Morgan fingerprint density at radius 2 is 1.98 bits per heavy atom. The molecule has 9 nitrogen and oxygen atoms in total. The zero-order valence-electron chi connectivity index (χ0n) is 27.8. The molecule has 1 unspecified atom stereocenters. The fourth-order valence-corrected chi connectivity index (χ4v) is 7.17. The van der Waals surface area contributed by atoms with Crippen LogP contribution in [0.15, 0.2) is 53.2 Å². The first-order valence-corrected chi connectivity index (χ1v) is 16.6. The van der Waals surface area contributed by atoms with Crippen LogP contribution < -0.4 is 11.2 Å². The van der Waals surface area contributed by atoms with Gasteiger partial charge in [0, 0.05) is 48.3 Å². The average molecular weight is 626 g/mol. The minimum absolute atomic E-state index is 0.144. The van der Waals surface area contributed by atoms with Gasteiger partial charge in [0.15, 0.2) is 0 Å². The van der Waals surface area contributed by atoms with Crippen molar-refractivity contribution >= 4 is 34.6 Å². The number of benzene rings is 2. The lowest BCUT2D eigenvalue weighted by Crippen LogP contribution is -2.59. The van der Waals surface area contributed by atoms with Crippen LogP contribution in [0.25, 0.3) is 27.6 Å². The number of hydrogen-bond acceptors (Lipinski definition) is 7. The molecule has 1 saturated heterocycles. The molecule has 4 heterocycles. The van der Waals surface area contributed by atoms with E-state index in [1.165, 1.54) is 32.7 Å². The third-order valence-electron chi connectivity index (χ3n) is 9.60. The van der Waals surface area contributed by atoms with E-state index in [1.807, 2.05) is 18.3 Å². The minimum atomic E-state index is -0.735. The van der Waals surface area contributed by atoms with E-state index < -0.39 is 12.1 Å². The van der Waals surface area contributed by atoms with Crippen molar-refractivity contribution in [2.75, 3.05) is 20.3 Å². The number of methoxy groups -OCH3 is 1. The molecule has 0 spiro atoms. The number of carbonyl (C=O) groups excluding carboxylic acids is 2. The molecule has 6 rings (SSSR count). The Morgan fingerprint density at radius 3 is 2.76 bits per heavy atom. The van der Waals surface area contributed by atoms with Crippen LogP contribution in [0.3, 0.4) is 0 Å². The second-order valence-electron chi connectivity index (χ2n) is 13.7. The molecule has 0 radical (unpaired) electrons. The number of nitrogens with one attached hydrogen (secondary N) is 1. The highest BCUT2D eigenvalue weighted by Crippen LogP contribution is 2.41. The van der Waals surface area contributed by atoms with Crippen LogP contribution in [0.1, 0.15) is 70.2 Å². The number of aliphatic imine (C=N–C) groups is 1. The Labute approximate surface area is 271 Å². The molecule has 244 valence electrons. The third kappa shape index (κ3) is 6.28. The molecular formula is C37H47N5O4. The van der Waals surface area contributed by atoms with Gasteiger partial charge in [-0.2, -0.15) is 0 Å². The third-order valence-corrected chi connectivity index (χ3v) is 9.60. The number of aromatic nitrogens is 1. The van der Waals surface area contributed by atoms with Crippen molar-refractivity contribution in [3.63, 3.8) is 0 Å². The normalized spacial score (nSPS) is 23.0. The van der Waals surface area contributed by atoms with Crippen LogP contribution in [0.4, 0.5) is 0 Å². The summed E-state index contributed by atoms with van der Waals surface area (Å²) in [6.45, 7) is 10.1. The van der Waals surface area contributed by atoms with Crippen molar-refractivity contribution in [2.45, 2.75) is 91.0 Å². The highest BCUT2D eigenvalue weighted by Gasteiger charge is 2.34. The Bertz CT molecular complexity index is 1700. The smallest absolute Gasteiger partial charge is 0.324 e. The van der Waals surface area contributed by atoms with E-state index in [-0.39, 0.29) is 30.0 Å². The summed E-state index contributed by atoms with van der Waals surface area (Å²) in [4.78, 5) is 31.6. The van der Waals surface area contributed by atoms with Crippen LogP contribution in [0.2, 0.25) is 0 Å². The minimum Gasteiger partial charge on any atom is -0.464 e. The summed E-state index contributed by atoms with van der Waals surface area (Å²) in [5.41, 5.74) is 18.2. The molecule has 1 fully saturated rings. The highest BCUT2D eigenvalue weighted by atomic mass is 16.5. The first-order valence-electron chi connectivity index (χ1n) is 16.6. The molecule has 0 saturated carbocycles. The van der Waals surface area contributed by atoms with E-state index in [1.54, 1.807) is 7.11 Å². The van der Waals surface area contributed by atoms with Crippen LogP contribution in [-0.2, 0) is 38.4 Å². The van der Waals surface area contributed by atoms with Gasteiger partial charge in [0.25, 0.3) is 5.91 Å². The molecule has 3 aliphatic rings. The van der Waals surface area contributed by atoms with Crippen molar-refractivity contribution in [3.8, 4) is 11.1 Å². The lowest BCUT2D eigenvalue weighted by molar-refractivity contribution is -0.154. The van der Waals surface area contributed by atoms with Crippen molar-refractivity contribution in [3.05, 3.63) is 65.0 Å². The summed E-state index contributed by atoms with van der Waals surface area (Å²) >= 11 is 0. The van der Waals surface area contributed by atoms with Gasteiger partial charge in [-0.05, 0) is 86.8 Å². The molecular weight excluding hydrogens is 578 g/mol. The fraction of sp³-hybridized carbons (Fsp3) is 0.486. The van der Waals surface area contributed by atoms with Crippen LogP contribution in [-0.4, -0.2) is 66.1 Å². The Morgan fingerprint density at radius 1 is 1.17 bits per heavy atom. The number of fused-ring (bicyclic) bond motifs is 6. The molecule has 9 heteroatoms. The molecule has 3 aliphatic heterocycles. The molecule has 1 amide bonds. The van der Waals surface area contributed by atoms with Gasteiger partial charge in [-0.15, -0.1) is 0 Å². The van der Waals surface area contributed by atoms with Crippen molar-refractivity contribution < 1.29 is 19.1 Å². The topological polar surface area (TPSA) is 111 Å². The van der Waals surface area contributed by atoms with Gasteiger partial charge in [0.1, 0.15) is 6.04 Å². The van der Waals surface area contributed by atoms with Crippen molar-refractivity contribution in [2.24, 2.45) is 16.1 Å². The van der Waals surface area contributed by atoms with Crippen LogP contribution >= 0.6 is 0 Å². The summed E-state index contributed by atoms with van der Waals surface area (Å²) in [6.07, 6.45) is 5.99. The largest absolute Gasteiger partial charge is 0.464 e. The number of esters is 1. The summed E-state index contributed by atoms with van der Waals surface area (Å²) in [5, 5.41) is 2.69. The standard InChI is InChI=1S/C37H47N5O4/c1-6-41-32-15-14-26-20-28(32)29(34(41)27-12-8-16-39-33(27)23(2)45-5)21-37(3,4)22-46-36(44)31-13-9-17-42(40-31)35(43)30(38)19-24-10-7-11-25(26)18-24/h7,10-11,14-16,18,20,23,30-31,40H,6,8-9,12-13,17,19,21-22,38H2,1-5H3/t23-,30?,31-/m0/s1. The van der Waals surface area contributed by atoms with E-state index in [0.717, 1.165) is 41.8 Å². The SMILES string of the molecule is CCn1c(C2=C([C@H](C)OC)N=CCC2)c2c3cc(ccc31)-c1cccc(c1)CC(N)C(=O)N1CCC[C@H](N1)C(=O)OCC(C)(C)C2. The summed E-state index contributed by atoms with van der Waals surface area (Å²) in [6, 6.07) is 13.7. The van der Waals surface area contributed by atoms with Gasteiger partial charge in [0.2, 0.25) is 0 Å². The maximum Gasteiger partial charge on any atom is 0.324 e. The summed E-state index contributed by atoms with van der Waals surface area (Å²) in [5.74, 6) is -0.556. The first kappa shape index (κ1) is 32.2. The monoisotopic (exact) mass is 625 g/mol. The Kier molecular flexibility index (Phi) is 9.19. The molecule has 3 N–H and O–H groups in total. The lowest BCUT2D eigenvalue weighted by Gasteiger charge is -2.35. The highest BCUT2D eigenvalue weighted by molar-refractivity contribution is 5.95. The number of hydrazine groups is 1. The van der Waals surface area contributed by atoms with Gasteiger partial charge in [-0.3, -0.25) is 19.6 Å². The van der Waals surface area contributed by atoms with Crippen molar-refractivity contribution in [1.29, 1.82) is 0 Å². The molecule has 6 bridgehead atoms. The van der Waals surface area contributed by atoms with Gasteiger partial charge in [0.05, 0.1) is 30.1 Å². The van der Waals surface area contributed by atoms with Gasteiger partial charge >= 0.3 is 5.97 Å². The molecule has 46 heavy (non-hydrogen) atoms. The van der Waals surface area contributed by atoms with E-state index in [9.17, 15) is 9.59 Å². The Hall–Kier alpha value is -3.79. The van der Waals surface area contributed by atoms with Gasteiger partial charge in [-0.25, -0.2) is 5.43 Å². The fourth-order valence-electron chi connectivity index (χ4n) is 7.17. The predicted octanol–water partition coefficient (Wildman–Crippen LogP) is 5.43. The maximum absolute atomic E-state index is 13.4. The number of amides is 1. The number of cyclic esters (lactones) is 1. The Balaban J connectivity index is 1.54. The number of hydrogen-bond donors (Lipinski definition) is 2. The lowest BCUT2D eigenvalue weighted by atomic mass is 9.83. The van der Waals surface area contributed by atoms with E-state index in [2.05, 4.69) is 68.0 Å². The van der Waals surface area contributed by atoms with Crippen LogP contribution in [0.5, 0.6) is 0 Å². The number of ether oxygens (including phenoxy) is 2. The van der Waals surface area contributed by atoms with E-state index >= 15 is 0 Å². The average Bonchev–Trinajstić information content (AvgIpc) is 3.37. The number of carbonyl (C=O) groups is 2.